The van der Waals surface area contributed by atoms with Gasteiger partial charge in [-0.2, -0.15) is 0 Å². The van der Waals surface area contributed by atoms with Gasteiger partial charge in [0, 0.05) is 6.42 Å². The summed E-state index contributed by atoms with van der Waals surface area (Å²) in [5, 5.41) is 8.60. The molecule has 0 aliphatic rings. The molecule has 92 valence electrons. The Morgan fingerprint density at radius 2 is 1.94 bits per heavy atom. The number of rotatable bonds is 6. The van der Waals surface area contributed by atoms with Crippen LogP contribution in [0.3, 0.4) is 0 Å². The molecule has 17 heavy (non-hydrogen) atoms. The lowest BCUT2D eigenvalue weighted by atomic mass is 10.2. The highest BCUT2D eigenvalue weighted by molar-refractivity contribution is 9.10. The molecule has 0 aliphatic heterocycles. The zero-order valence-corrected chi connectivity index (χ0v) is 10.7. The van der Waals surface area contributed by atoms with Crippen molar-refractivity contribution in [2.24, 2.45) is 0 Å². The summed E-state index contributed by atoms with van der Waals surface area (Å²) < 4.78 is 5.01. The summed E-state index contributed by atoms with van der Waals surface area (Å²) in [6, 6.07) is 9.33. The van der Waals surface area contributed by atoms with E-state index in [1.807, 2.05) is 30.3 Å². The van der Waals surface area contributed by atoms with Crippen LogP contribution in [-0.4, -0.2) is 21.9 Å². The van der Waals surface area contributed by atoms with Crippen LogP contribution in [0.4, 0.5) is 0 Å². The third kappa shape index (κ3) is 5.49. The van der Waals surface area contributed by atoms with E-state index in [1.165, 1.54) is 0 Å². The Labute approximate surface area is 108 Å². The van der Waals surface area contributed by atoms with Gasteiger partial charge in [-0.25, -0.2) is 0 Å². The minimum atomic E-state index is -0.971. The first-order valence-corrected chi connectivity index (χ1v) is 6.07. The monoisotopic (exact) mass is 300 g/mol. The second-order valence-electron chi connectivity index (χ2n) is 3.49. The summed E-state index contributed by atoms with van der Waals surface area (Å²) in [7, 11) is 0. The number of halogens is 1. The van der Waals surface area contributed by atoms with Gasteiger partial charge in [-0.05, 0) is 12.0 Å². The lowest BCUT2D eigenvalue weighted by Crippen LogP contribution is -2.15. The van der Waals surface area contributed by atoms with Gasteiger partial charge in [0.25, 0.3) is 0 Å². The standard InChI is InChI=1S/C12H13BrO4/c13-10(12(15)16)6-7-11(14)17-8-9-4-2-1-3-5-9/h1-5,10H,6-8H2,(H,15,16)/t10-/m1/s1. The molecule has 0 aromatic heterocycles. The smallest absolute Gasteiger partial charge is 0.317 e. The molecule has 0 saturated heterocycles. The van der Waals surface area contributed by atoms with E-state index in [4.69, 9.17) is 9.84 Å². The third-order valence-corrected chi connectivity index (χ3v) is 2.96. The van der Waals surface area contributed by atoms with Crippen molar-refractivity contribution in [2.75, 3.05) is 0 Å². The Bertz CT molecular complexity index is 377. The van der Waals surface area contributed by atoms with Crippen LogP contribution in [0.15, 0.2) is 30.3 Å². The topological polar surface area (TPSA) is 63.6 Å². The average molecular weight is 301 g/mol. The first kappa shape index (κ1) is 13.7. The quantitative estimate of drug-likeness (QED) is 0.647. The Kier molecular flexibility index (Phi) is 5.69. The van der Waals surface area contributed by atoms with E-state index < -0.39 is 10.8 Å². The summed E-state index contributed by atoms with van der Waals surface area (Å²) in [6.45, 7) is 0.222. The Morgan fingerprint density at radius 1 is 1.29 bits per heavy atom. The predicted octanol–water partition coefficient (Wildman–Crippen LogP) is 2.36. The highest BCUT2D eigenvalue weighted by atomic mass is 79.9. The van der Waals surface area contributed by atoms with Crippen LogP contribution in [0.5, 0.6) is 0 Å². The number of hydrogen-bond acceptors (Lipinski definition) is 3. The summed E-state index contributed by atoms with van der Waals surface area (Å²) in [5.74, 6) is -1.36. The van der Waals surface area contributed by atoms with Gasteiger partial charge in [-0.15, -0.1) is 0 Å². The summed E-state index contributed by atoms with van der Waals surface area (Å²) in [5.41, 5.74) is 0.912. The molecule has 0 unspecified atom stereocenters. The molecule has 0 aliphatic carbocycles. The van der Waals surface area contributed by atoms with Gasteiger partial charge in [0.05, 0.1) is 0 Å². The second kappa shape index (κ2) is 7.06. The van der Waals surface area contributed by atoms with E-state index >= 15 is 0 Å². The zero-order chi connectivity index (χ0) is 12.7. The SMILES string of the molecule is O=C(CC[C@@H](Br)C(=O)O)OCc1ccccc1. The van der Waals surface area contributed by atoms with Gasteiger partial charge in [0.15, 0.2) is 0 Å². The molecule has 0 amide bonds. The number of carboxylic acid groups (broad SMARTS) is 1. The van der Waals surface area contributed by atoms with Crippen LogP contribution in [0.25, 0.3) is 0 Å². The number of esters is 1. The molecular weight excluding hydrogens is 288 g/mol. The van der Waals surface area contributed by atoms with Crippen molar-refractivity contribution in [1.29, 1.82) is 0 Å². The van der Waals surface area contributed by atoms with E-state index in [0.717, 1.165) is 5.56 Å². The van der Waals surface area contributed by atoms with Gasteiger partial charge in [0.1, 0.15) is 11.4 Å². The number of carboxylic acids is 1. The largest absolute Gasteiger partial charge is 0.480 e. The molecule has 4 nitrogen and oxygen atoms in total. The third-order valence-electron chi connectivity index (χ3n) is 2.11. The second-order valence-corrected chi connectivity index (χ2v) is 4.60. The number of hydrogen-bond donors (Lipinski definition) is 1. The lowest BCUT2D eigenvalue weighted by Gasteiger charge is -2.06. The van der Waals surface area contributed by atoms with Crippen molar-refractivity contribution in [3.63, 3.8) is 0 Å². The van der Waals surface area contributed by atoms with Crippen LogP contribution in [0, 0.1) is 0 Å². The summed E-state index contributed by atoms with van der Waals surface area (Å²) in [6.07, 6.45) is 0.317. The first-order chi connectivity index (χ1) is 8.09. The number of carbonyl (C=O) groups excluding carboxylic acids is 1. The molecule has 0 heterocycles. The molecule has 5 heteroatoms. The maximum absolute atomic E-state index is 11.3. The Morgan fingerprint density at radius 3 is 2.53 bits per heavy atom. The molecule has 1 rings (SSSR count). The number of benzene rings is 1. The first-order valence-electron chi connectivity index (χ1n) is 5.16. The number of aliphatic carboxylic acids is 1. The molecule has 1 atom stereocenters. The van der Waals surface area contributed by atoms with Crippen molar-refractivity contribution >= 4 is 27.9 Å². The molecule has 1 aromatic rings. The van der Waals surface area contributed by atoms with E-state index in [-0.39, 0.29) is 25.4 Å². The van der Waals surface area contributed by atoms with E-state index in [9.17, 15) is 9.59 Å². The van der Waals surface area contributed by atoms with Crippen LogP contribution in [0.2, 0.25) is 0 Å². The van der Waals surface area contributed by atoms with Crippen molar-refractivity contribution in [1.82, 2.24) is 0 Å². The maximum atomic E-state index is 11.3. The fourth-order valence-electron chi connectivity index (χ4n) is 1.18. The molecule has 0 spiro atoms. The van der Waals surface area contributed by atoms with Crippen LogP contribution >= 0.6 is 15.9 Å². The fourth-order valence-corrected chi connectivity index (χ4v) is 1.41. The van der Waals surface area contributed by atoms with E-state index in [2.05, 4.69) is 15.9 Å². The van der Waals surface area contributed by atoms with Crippen molar-refractivity contribution in [3.8, 4) is 0 Å². The van der Waals surface area contributed by atoms with Gasteiger partial charge >= 0.3 is 11.9 Å². The minimum Gasteiger partial charge on any atom is -0.480 e. The van der Waals surface area contributed by atoms with Crippen molar-refractivity contribution in [2.45, 2.75) is 24.3 Å². The molecule has 1 N–H and O–H groups in total. The Hall–Kier alpha value is -1.36. The van der Waals surface area contributed by atoms with E-state index in [1.54, 1.807) is 0 Å². The number of ether oxygens (including phenoxy) is 1. The predicted molar refractivity (Wildman–Crippen MR) is 65.8 cm³/mol. The fraction of sp³-hybridized carbons (Fsp3) is 0.333. The summed E-state index contributed by atoms with van der Waals surface area (Å²) in [4.78, 5) is 21.1. The van der Waals surface area contributed by atoms with Crippen LogP contribution in [0.1, 0.15) is 18.4 Å². The minimum absolute atomic E-state index is 0.0923. The average Bonchev–Trinajstić information content (AvgIpc) is 2.34. The van der Waals surface area contributed by atoms with Gasteiger partial charge in [-0.3, -0.25) is 9.59 Å². The number of carbonyl (C=O) groups is 2. The van der Waals surface area contributed by atoms with E-state index in [0.29, 0.717) is 0 Å². The van der Waals surface area contributed by atoms with Crippen LogP contribution < -0.4 is 0 Å². The van der Waals surface area contributed by atoms with Crippen LogP contribution in [-0.2, 0) is 20.9 Å². The van der Waals surface area contributed by atoms with Crippen molar-refractivity contribution in [3.05, 3.63) is 35.9 Å². The molecule has 0 fully saturated rings. The molecule has 0 bridgehead atoms. The lowest BCUT2D eigenvalue weighted by molar-refractivity contribution is -0.145. The van der Waals surface area contributed by atoms with Gasteiger partial charge in [0.2, 0.25) is 0 Å². The highest BCUT2D eigenvalue weighted by Crippen LogP contribution is 2.09. The Balaban J connectivity index is 2.24. The molecular formula is C12H13BrO4. The zero-order valence-electron chi connectivity index (χ0n) is 9.14. The normalized spacial score (nSPS) is 11.8. The molecule has 0 radical (unpaired) electrons. The number of alkyl halides is 1. The van der Waals surface area contributed by atoms with Gasteiger partial charge < -0.3 is 9.84 Å². The highest BCUT2D eigenvalue weighted by Gasteiger charge is 2.15. The van der Waals surface area contributed by atoms with Gasteiger partial charge in [-0.1, -0.05) is 46.3 Å². The van der Waals surface area contributed by atoms with Crippen molar-refractivity contribution < 1.29 is 19.4 Å². The summed E-state index contributed by atoms with van der Waals surface area (Å²) >= 11 is 2.96. The maximum Gasteiger partial charge on any atom is 0.317 e. The molecule has 0 saturated carbocycles. The molecule has 1 aromatic carbocycles.